The van der Waals surface area contributed by atoms with Crippen molar-refractivity contribution >= 4 is 58.8 Å². The molecule has 0 amide bonds. The highest BCUT2D eigenvalue weighted by atomic mass is 35.5. The van der Waals surface area contributed by atoms with Crippen LogP contribution in [0.1, 0.15) is 0 Å². The molecule has 0 saturated carbocycles. The van der Waals surface area contributed by atoms with Gasteiger partial charge in [-0.25, -0.2) is 0 Å². The molecule has 0 atom stereocenters. The van der Waals surface area contributed by atoms with Gasteiger partial charge in [-0.2, -0.15) is 4.73 Å². The Morgan fingerprint density at radius 1 is 1.23 bits per heavy atom. The summed E-state index contributed by atoms with van der Waals surface area (Å²) in [5, 5.41) is 10.3. The first-order chi connectivity index (χ1) is 6.00. The maximum atomic E-state index is 9.45. The Hall–Kier alpha value is 0.390. The molecule has 7 heteroatoms. The van der Waals surface area contributed by atoms with Gasteiger partial charge in [-0.05, 0) is 6.26 Å². The zero-order valence-electron chi connectivity index (χ0n) is 6.34. The van der Waals surface area contributed by atoms with E-state index in [4.69, 9.17) is 47.0 Å². The average molecular weight is 277 g/mol. The number of nitrogens with zero attached hydrogens (tertiary/aromatic N) is 1. The fourth-order valence-electron chi connectivity index (χ4n) is 0.738. The van der Waals surface area contributed by atoms with Gasteiger partial charge in [-0.15, -0.1) is 11.8 Å². The van der Waals surface area contributed by atoms with Gasteiger partial charge in [-0.1, -0.05) is 47.0 Å². The molecule has 1 rings (SSSR count). The second-order valence-electron chi connectivity index (χ2n) is 2.07. The van der Waals surface area contributed by atoms with Crippen LogP contribution in [-0.2, 0) is 0 Å². The molecule has 0 aliphatic heterocycles. The molecule has 1 aromatic rings. The molecule has 0 aliphatic carbocycles. The van der Waals surface area contributed by atoms with Crippen LogP contribution in [0.25, 0.3) is 0 Å². The van der Waals surface area contributed by atoms with Gasteiger partial charge >= 0.3 is 0 Å². The second-order valence-corrected chi connectivity index (χ2v) is 4.38. The summed E-state index contributed by atoms with van der Waals surface area (Å²) in [6.45, 7) is 0. The fourth-order valence-corrected chi connectivity index (χ4v) is 2.45. The summed E-state index contributed by atoms with van der Waals surface area (Å²) in [6.07, 6.45) is 1.74. The van der Waals surface area contributed by atoms with Crippen molar-refractivity contribution in [1.82, 2.24) is 4.73 Å². The number of aromatic nitrogens is 1. The first-order valence-electron chi connectivity index (χ1n) is 3.03. The number of thioether (sulfide) groups is 1. The van der Waals surface area contributed by atoms with Crippen molar-refractivity contribution in [2.24, 2.45) is 0 Å². The SMILES string of the molecule is CSc1c(Cl)c(Cl)c(Cl)c(=S)n1O. The predicted octanol–water partition coefficient (Wildman–Crippen LogP) is 4.14. The molecule has 1 N–H and O–H groups in total. The molecule has 0 bridgehead atoms. The lowest BCUT2D eigenvalue weighted by Crippen LogP contribution is -2.00. The van der Waals surface area contributed by atoms with Gasteiger partial charge in [0.1, 0.15) is 5.03 Å². The van der Waals surface area contributed by atoms with Crippen molar-refractivity contribution in [1.29, 1.82) is 0 Å². The highest BCUT2D eigenvalue weighted by molar-refractivity contribution is 7.98. The Morgan fingerprint density at radius 3 is 2.23 bits per heavy atom. The average Bonchev–Trinajstić information content (AvgIpc) is 2.13. The van der Waals surface area contributed by atoms with Crippen molar-refractivity contribution in [3.63, 3.8) is 0 Å². The van der Waals surface area contributed by atoms with E-state index in [1.54, 1.807) is 6.26 Å². The van der Waals surface area contributed by atoms with Gasteiger partial charge in [0.2, 0.25) is 0 Å². The van der Waals surface area contributed by atoms with E-state index >= 15 is 0 Å². The Labute approximate surface area is 99.4 Å². The van der Waals surface area contributed by atoms with Crippen LogP contribution in [0, 0.1) is 4.64 Å². The van der Waals surface area contributed by atoms with Crippen LogP contribution in [-0.4, -0.2) is 16.2 Å². The van der Waals surface area contributed by atoms with Gasteiger partial charge in [-0.3, -0.25) is 0 Å². The lowest BCUT2D eigenvalue weighted by atomic mass is 10.5. The highest BCUT2D eigenvalue weighted by Gasteiger charge is 2.15. The van der Waals surface area contributed by atoms with Gasteiger partial charge in [0, 0.05) is 0 Å². The molecule has 13 heavy (non-hydrogen) atoms. The van der Waals surface area contributed by atoms with Crippen LogP contribution in [0.5, 0.6) is 0 Å². The Bertz CT molecular complexity index is 404. The topological polar surface area (TPSA) is 25.2 Å². The van der Waals surface area contributed by atoms with Crippen molar-refractivity contribution in [3.8, 4) is 0 Å². The number of pyridine rings is 1. The zero-order chi connectivity index (χ0) is 10.2. The van der Waals surface area contributed by atoms with Crippen LogP contribution >= 0.6 is 58.8 Å². The maximum Gasteiger partial charge on any atom is 0.163 e. The quantitative estimate of drug-likeness (QED) is 0.474. The standard InChI is InChI=1S/C6H4Cl3NOS2/c1-13-6-4(9)2(7)3(8)5(12)10(6)11/h11H,1H3. The molecule has 0 radical (unpaired) electrons. The van der Waals surface area contributed by atoms with Crippen LogP contribution in [0.4, 0.5) is 0 Å². The van der Waals surface area contributed by atoms with E-state index in [-0.39, 0.29) is 19.7 Å². The molecule has 0 unspecified atom stereocenters. The van der Waals surface area contributed by atoms with Crippen molar-refractivity contribution < 1.29 is 5.21 Å². The second kappa shape index (κ2) is 4.28. The van der Waals surface area contributed by atoms with E-state index in [0.29, 0.717) is 5.03 Å². The minimum absolute atomic E-state index is 0.0559. The molecular weight excluding hydrogens is 273 g/mol. The lowest BCUT2D eigenvalue weighted by Gasteiger charge is -2.09. The third-order valence-corrected chi connectivity index (χ3v) is 4.01. The summed E-state index contributed by atoms with van der Waals surface area (Å²) in [4.78, 5) is 0. The Morgan fingerprint density at radius 2 is 1.77 bits per heavy atom. The fraction of sp³-hybridized carbons (Fsp3) is 0.167. The van der Waals surface area contributed by atoms with Crippen molar-refractivity contribution in [2.45, 2.75) is 5.03 Å². The molecule has 1 aromatic heterocycles. The summed E-state index contributed by atoms with van der Waals surface area (Å²) in [7, 11) is 0. The van der Waals surface area contributed by atoms with Crippen molar-refractivity contribution in [2.75, 3.05) is 6.26 Å². The van der Waals surface area contributed by atoms with Crippen LogP contribution in [0.15, 0.2) is 5.03 Å². The van der Waals surface area contributed by atoms with E-state index in [1.165, 1.54) is 11.8 Å². The minimum atomic E-state index is 0.0559. The van der Waals surface area contributed by atoms with Crippen LogP contribution in [0.2, 0.25) is 15.1 Å². The summed E-state index contributed by atoms with van der Waals surface area (Å²) in [5.74, 6) is 0. The van der Waals surface area contributed by atoms with E-state index in [1.807, 2.05) is 0 Å². The van der Waals surface area contributed by atoms with E-state index in [2.05, 4.69) is 0 Å². The maximum absolute atomic E-state index is 9.45. The summed E-state index contributed by atoms with van der Waals surface area (Å²) >= 11 is 23.3. The predicted molar refractivity (Wildman–Crippen MR) is 59.3 cm³/mol. The molecule has 0 fully saturated rings. The summed E-state index contributed by atoms with van der Waals surface area (Å²) < 4.78 is 0.803. The molecule has 1 heterocycles. The Kier molecular flexibility index (Phi) is 3.77. The number of hydrogen-bond donors (Lipinski definition) is 1. The smallest absolute Gasteiger partial charge is 0.163 e. The molecule has 0 aliphatic rings. The van der Waals surface area contributed by atoms with Gasteiger partial charge in [0.25, 0.3) is 0 Å². The Balaban J connectivity index is 3.67. The zero-order valence-corrected chi connectivity index (χ0v) is 10.2. The minimum Gasteiger partial charge on any atom is -0.426 e. The summed E-state index contributed by atoms with van der Waals surface area (Å²) in [5.41, 5.74) is 0. The summed E-state index contributed by atoms with van der Waals surface area (Å²) in [6, 6.07) is 0. The first kappa shape index (κ1) is 11.5. The largest absolute Gasteiger partial charge is 0.426 e. The first-order valence-corrected chi connectivity index (χ1v) is 5.80. The number of hydrogen-bond acceptors (Lipinski definition) is 3. The van der Waals surface area contributed by atoms with E-state index < -0.39 is 0 Å². The normalized spacial score (nSPS) is 10.5. The monoisotopic (exact) mass is 275 g/mol. The third-order valence-electron chi connectivity index (χ3n) is 1.34. The lowest BCUT2D eigenvalue weighted by molar-refractivity contribution is 0.156. The van der Waals surface area contributed by atoms with Gasteiger partial charge in [0.05, 0.1) is 15.1 Å². The molecule has 2 nitrogen and oxygen atoms in total. The van der Waals surface area contributed by atoms with Crippen molar-refractivity contribution in [3.05, 3.63) is 19.7 Å². The van der Waals surface area contributed by atoms with Gasteiger partial charge in [0.15, 0.2) is 4.64 Å². The molecular formula is C6H4Cl3NOS2. The van der Waals surface area contributed by atoms with Gasteiger partial charge < -0.3 is 5.21 Å². The van der Waals surface area contributed by atoms with Crippen LogP contribution < -0.4 is 0 Å². The molecule has 0 aromatic carbocycles. The third kappa shape index (κ3) is 1.92. The number of halogens is 3. The number of rotatable bonds is 1. The van der Waals surface area contributed by atoms with E-state index in [0.717, 1.165) is 4.73 Å². The van der Waals surface area contributed by atoms with E-state index in [9.17, 15) is 5.21 Å². The highest BCUT2D eigenvalue weighted by Crippen LogP contribution is 2.37. The molecule has 72 valence electrons. The molecule has 0 saturated heterocycles. The molecule has 0 spiro atoms. The van der Waals surface area contributed by atoms with Crippen LogP contribution in [0.3, 0.4) is 0 Å².